The van der Waals surface area contributed by atoms with Gasteiger partial charge in [0.1, 0.15) is 5.82 Å². The van der Waals surface area contributed by atoms with Gasteiger partial charge in [0.25, 0.3) is 0 Å². The number of fused-ring (bicyclic) bond motifs is 1. The van der Waals surface area contributed by atoms with Crippen molar-refractivity contribution in [3.8, 4) is 0 Å². The van der Waals surface area contributed by atoms with E-state index in [4.69, 9.17) is 0 Å². The van der Waals surface area contributed by atoms with Crippen molar-refractivity contribution in [2.24, 2.45) is 0 Å². The normalized spacial score (nSPS) is 11.0. The van der Waals surface area contributed by atoms with Gasteiger partial charge in [-0.3, -0.25) is 0 Å². The van der Waals surface area contributed by atoms with E-state index in [2.05, 4.69) is 51.7 Å². The van der Waals surface area contributed by atoms with Crippen LogP contribution in [-0.2, 0) is 12.8 Å². The molecule has 2 aromatic carbocycles. The van der Waals surface area contributed by atoms with E-state index in [1.54, 1.807) is 0 Å². The maximum absolute atomic E-state index is 4.57. The molecule has 0 atom stereocenters. The number of imidazole rings is 1. The molecule has 20 heavy (non-hydrogen) atoms. The smallest absolute Gasteiger partial charge is 0.108 e. The van der Waals surface area contributed by atoms with E-state index in [0.717, 1.165) is 42.8 Å². The number of aromatic nitrogens is 2. The summed E-state index contributed by atoms with van der Waals surface area (Å²) < 4.78 is 0. The molecule has 3 nitrogen and oxygen atoms in total. The van der Waals surface area contributed by atoms with Crippen molar-refractivity contribution in [3.05, 3.63) is 66.0 Å². The largest absolute Gasteiger partial charge is 0.342 e. The van der Waals surface area contributed by atoms with E-state index in [1.807, 2.05) is 18.2 Å². The van der Waals surface area contributed by atoms with Crippen molar-refractivity contribution < 1.29 is 0 Å². The standard InChI is InChI=1S/C17H19N3/c1-2-6-14(7-3-1)10-12-18-13-11-17-19-15-8-4-5-9-16(15)20-17/h1-9,18H,10-13H2,(H,19,20). The minimum atomic E-state index is 0.934. The Morgan fingerprint density at radius 2 is 1.60 bits per heavy atom. The molecule has 3 aromatic rings. The summed E-state index contributed by atoms with van der Waals surface area (Å²) in [5, 5.41) is 3.47. The second kappa shape index (κ2) is 6.35. The second-order valence-corrected chi connectivity index (χ2v) is 4.94. The highest BCUT2D eigenvalue weighted by Gasteiger charge is 2.01. The summed E-state index contributed by atoms with van der Waals surface area (Å²) in [7, 11) is 0. The van der Waals surface area contributed by atoms with Crippen LogP contribution in [0.3, 0.4) is 0 Å². The first-order chi connectivity index (χ1) is 9.92. The van der Waals surface area contributed by atoms with Gasteiger partial charge in [0.2, 0.25) is 0 Å². The zero-order valence-electron chi connectivity index (χ0n) is 11.5. The average Bonchev–Trinajstić information content (AvgIpc) is 2.90. The molecule has 0 radical (unpaired) electrons. The fourth-order valence-electron chi connectivity index (χ4n) is 2.33. The van der Waals surface area contributed by atoms with Crippen LogP contribution in [0.2, 0.25) is 0 Å². The monoisotopic (exact) mass is 265 g/mol. The van der Waals surface area contributed by atoms with Gasteiger partial charge in [0, 0.05) is 13.0 Å². The summed E-state index contributed by atoms with van der Waals surface area (Å²) in [6, 6.07) is 18.7. The Kier molecular flexibility index (Phi) is 4.09. The first-order valence-electron chi connectivity index (χ1n) is 7.10. The third-order valence-electron chi connectivity index (χ3n) is 3.41. The maximum Gasteiger partial charge on any atom is 0.108 e. The van der Waals surface area contributed by atoms with Gasteiger partial charge in [-0.25, -0.2) is 4.98 Å². The van der Waals surface area contributed by atoms with Gasteiger partial charge in [0.15, 0.2) is 0 Å². The molecule has 3 heteroatoms. The highest BCUT2D eigenvalue weighted by atomic mass is 14.9. The first-order valence-corrected chi connectivity index (χ1v) is 7.10. The summed E-state index contributed by atoms with van der Waals surface area (Å²) in [6.07, 6.45) is 2.00. The summed E-state index contributed by atoms with van der Waals surface area (Å²) in [5.41, 5.74) is 3.54. The highest BCUT2D eigenvalue weighted by Crippen LogP contribution is 2.10. The van der Waals surface area contributed by atoms with Gasteiger partial charge >= 0.3 is 0 Å². The minimum absolute atomic E-state index is 0.934. The molecule has 102 valence electrons. The number of nitrogens with one attached hydrogen (secondary N) is 2. The topological polar surface area (TPSA) is 40.7 Å². The molecule has 0 unspecified atom stereocenters. The number of hydrogen-bond donors (Lipinski definition) is 2. The molecule has 1 heterocycles. The first kappa shape index (κ1) is 12.9. The van der Waals surface area contributed by atoms with Gasteiger partial charge in [-0.2, -0.15) is 0 Å². The van der Waals surface area contributed by atoms with Crippen molar-refractivity contribution in [2.45, 2.75) is 12.8 Å². The lowest BCUT2D eigenvalue weighted by molar-refractivity contribution is 0.671. The summed E-state index contributed by atoms with van der Waals surface area (Å²) in [6.45, 7) is 1.96. The molecule has 0 saturated heterocycles. The second-order valence-electron chi connectivity index (χ2n) is 4.94. The third-order valence-corrected chi connectivity index (χ3v) is 3.41. The Labute approximate surface area is 119 Å². The molecule has 1 aromatic heterocycles. The molecule has 0 bridgehead atoms. The van der Waals surface area contributed by atoms with Crippen LogP contribution < -0.4 is 5.32 Å². The fourth-order valence-corrected chi connectivity index (χ4v) is 2.33. The molecule has 0 aliphatic carbocycles. The SMILES string of the molecule is c1ccc(CCNCCc2nc3ccccc3[nH]2)cc1. The van der Waals surface area contributed by atoms with Crippen LogP contribution in [-0.4, -0.2) is 23.1 Å². The Morgan fingerprint density at radius 3 is 2.45 bits per heavy atom. The lowest BCUT2D eigenvalue weighted by Gasteiger charge is -2.03. The Bertz CT molecular complexity index is 625. The van der Waals surface area contributed by atoms with Crippen LogP contribution in [0.1, 0.15) is 11.4 Å². The molecular weight excluding hydrogens is 246 g/mol. The van der Waals surface area contributed by atoms with Gasteiger partial charge in [-0.1, -0.05) is 42.5 Å². The zero-order valence-corrected chi connectivity index (χ0v) is 11.5. The maximum atomic E-state index is 4.57. The van der Waals surface area contributed by atoms with Crippen LogP contribution in [0.25, 0.3) is 11.0 Å². The molecular formula is C17H19N3. The molecule has 0 amide bonds. The van der Waals surface area contributed by atoms with E-state index in [1.165, 1.54) is 5.56 Å². The lowest BCUT2D eigenvalue weighted by atomic mass is 10.1. The Morgan fingerprint density at radius 1 is 0.850 bits per heavy atom. The van der Waals surface area contributed by atoms with E-state index in [0.29, 0.717) is 0 Å². The number of benzene rings is 2. The predicted molar refractivity (Wildman–Crippen MR) is 82.8 cm³/mol. The molecule has 3 rings (SSSR count). The van der Waals surface area contributed by atoms with Gasteiger partial charge < -0.3 is 10.3 Å². The summed E-state index contributed by atoms with van der Waals surface area (Å²) in [4.78, 5) is 7.93. The number of nitrogens with zero attached hydrogens (tertiary/aromatic N) is 1. The summed E-state index contributed by atoms with van der Waals surface area (Å²) in [5.74, 6) is 1.05. The zero-order chi connectivity index (χ0) is 13.6. The van der Waals surface area contributed by atoms with Crippen molar-refractivity contribution >= 4 is 11.0 Å². The number of hydrogen-bond acceptors (Lipinski definition) is 2. The molecule has 2 N–H and O–H groups in total. The van der Waals surface area contributed by atoms with Crippen LogP contribution in [0.4, 0.5) is 0 Å². The molecule has 0 saturated carbocycles. The molecule has 0 aliphatic rings. The van der Waals surface area contributed by atoms with Crippen LogP contribution in [0.5, 0.6) is 0 Å². The average molecular weight is 265 g/mol. The lowest BCUT2D eigenvalue weighted by Crippen LogP contribution is -2.20. The number of aromatic amines is 1. The number of H-pyrrole nitrogens is 1. The van der Waals surface area contributed by atoms with E-state index >= 15 is 0 Å². The van der Waals surface area contributed by atoms with Crippen LogP contribution >= 0.6 is 0 Å². The van der Waals surface area contributed by atoms with Gasteiger partial charge in [-0.05, 0) is 30.7 Å². The van der Waals surface area contributed by atoms with Crippen LogP contribution in [0, 0.1) is 0 Å². The quantitative estimate of drug-likeness (QED) is 0.673. The van der Waals surface area contributed by atoms with Crippen molar-refractivity contribution in [3.63, 3.8) is 0 Å². The fraction of sp³-hybridized carbons (Fsp3) is 0.235. The number of para-hydroxylation sites is 2. The Balaban J connectivity index is 1.43. The summed E-state index contributed by atoms with van der Waals surface area (Å²) >= 11 is 0. The molecule has 0 fully saturated rings. The Hall–Kier alpha value is -2.13. The van der Waals surface area contributed by atoms with Gasteiger partial charge in [-0.15, -0.1) is 0 Å². The van der Waals surface area contributed by atoms with Crippen molar-refractivity contribution in [1.29, 1.82) is 0 Å². The predicted octanol–water partition coefficient (Wildman–Crippen LogP) is 2.94. The highest BCUT2D eigenvalue weighted by molar-refractivity contribution is 5.74. The van der Waals surface area contributed by atoms with E-state index in [-0.39, 0.29) is 0 Å². The van der Waals surface area contributed by atoms with E-state index < -0.39 is 0 Å². The molecule has 0 spiro atoms. The molecule has 0 aliphatic heterocycles. The third kappa shape index (κ3) is 3.25. The van der Waals surface area contributed by atoms with Crippen molar-refractivity contribution in [1.82, 2.24) is 15.3 Å². The minimum Gasteiger partial charge on any atom is -0.342 e. The van der Waals surface area contributed by atoms with E-state index in [9.17, 15) is 0 Å². The van der Waals surface area contributed by atoms with Crippen LogP contribution in [0.15, 0.2) is 54.6 Å². The van der Waals surface area contributed by atoms with Gasteiger partial charge in [0.05, 0.1) is 11.0 Å². The van der Waals surface area contributed by atoms with Crippen molar-refractivity contribution in [2.75, 3.05) is 13.1 Å². The number of rotatable bonds is 6.